The van der Waals surface area contributed by atoms with Gasteiger partial charge in [0.1, 0.15) is 0 Å². The molecule has 0 aliphatic heterocycles. The first-order chi connectivity index (χ1) is 14.2. The van der Waals surface area contributed by atoms with Crippen LogP contribution in [0.25, 0.3) is 0 Å². The van der Waals surface area contributed by atoms with E-state index in [0.29, 0.717) is 27.9 Å². The summed E-state index contributed by atoms with van der Waals surface area (Å²) in [5, 5.41) is 0.679. The van der Waals surface area contributed by atoms with E-state index in [1.54, 1.807) is 27.1 Å². The zero-order valence-electron chi connectivity index (χ0n) is 20.1. The number of benzene rings is 2. The van der Waals surface area contributed by atoms with E-state index in [4.69, 9.17) is 0 Å². The van der Waals surface area contributed by atoms with Crippen molar-refractivity contribution in [2.45, 2.75) is 102 Å². The highest BCUT2D eigenvalue weighted by atomic mass is 32.2. The van der Waals surface area contributed by atoms with Gasteiger partial charge in [0.2, 0.25) is 0 Å². The summed E-state index contributed by atoms with van der Waals surface area (Å²) >= 11 is 2.22. The molecule has 1 heteroatoms. The highest BCUT2D eigenvalue weighted by Crippen LogP contribution is 2.60. The molecule has 162 valence electrons. The Hall–Kier alpha value is -1.21. The van der Waals surface area contributed by atoms with Crippen LogP contribution in [-0.2, 0) is 11.8 Å². The molecule has 3 atom stereocenters. The fourth-order valence-corrected chi connectivity index (χ4v) is 8.47. The van der Waals surface area contributed by atoms with Gasteiger partial charge in [-0.1, -0.05) is 90.9 Å². The SMILES string of the molecule is CC(C)c1cccc(C(C)C)c1S[C@H]1CC[C@]2(C)c3ccccc3CC[C@H]2C1(C)C. The van der Waals surface area contributed by atoms with Crippen molar-refractivity contribution >= 4 is 11.8 Å². The molecule has 0 heterocycles. The summed E-state index contributed by atoms with van der Waals surface area (Å²) < 4.78 is 0. The predicted molar refractivity (Wildman–Crippen MR) is 133 cm³/mol. The van der Waals surface area contributed by atoms with Gasteiger partial charge in [0, 0.05) is 10.1 Å². The van der Waals surface area contributed by atoms with Crippen molar-refractivity contribution in [3.05, 3.63) is 64.7 Å². The van der Waals surface area contributed by atoms with Crippen LogP contribution in [-0.4, -0.2) is 5.25 Å². The third-order valence-corrected chi connectivity index (χ3v) is 10.2. The summed E-state index contributed by atoms with van der Waals surface area (Å²) in [7, 11) is 0. The Bertz CT molecular complexity index is 880. The Kier molecular flexibility index (Phi) is 5.90. The van der Waals surface area contributed by atoms with Crippen LogP contribution >= 0.6 is 11.8 Å². The molecule has 2 aromatic carbocycles. The number of aryl methyl sites for hydroxylation is 1. The smallest absolute Gasteiger partial charge is 0.0149 e. The maximum atomic E-state index is 2.58. The molecule has 0 radical (unpaired) electrons. The van der Waals surface area contributed by atoms with E-state index >= 15 is 0 Å². The Labute approximate surface area is 189 Å². The second-order valence-electron chi connectivity index (χ2n) is 11.2. The molecule has 0 saturated heterocycles. The van der Waals surface area contributed by atoms with Gasteiger partial charge in [0.15, 0.2) is 0 Å². The molecular formula is C29H40S. The molecule has 0 unspecified atom stereocenters. The van der Waals surface area contributed by atoms with Gasteiger partial charge >= 0.3 is 0 Å². The predicted octanol–water partition coefficient (Wildman–Crippen LogP) is 8.73. The van der Waals surface area contributed by atoms with E-state index in [1.807, 2.05) is 0 Å². The standard InChI is InChI=1S/C29H40S/c1-19(2)22-12-10-13-23(20(3)4)27(22)30-26-17-18-29(7)24-14-9-8-11-21(24)15-16-25(29)28(26,5)6/h8-14,19-20,25-26H,15-18H2,1-7H3/t25-,26-,29+/m0/s1. The highest BCUT2D eigenvalue weighted by molar-refractivity contribution is 8.00. The van der Waals surface area contributed by atoms with E-state index < -0.39 is 0 Å². The molecule has 0 amide bonds. The van der Waals surface area contributed by atoms with Crippen molar-refractivity contribution in [3.8, 4) is 0 Å². The maximum absolute atomic E-state index is 2.58. The van der Waals surface area contributed by atoms with Crippen LogP contribution in [0, 0.1) is 11.3 Å². The van der Waals surface area contributed by atoms with Crippen molar-refractivity contribution in [1.82, 2.24) is 0 Å². The first kappa shape index (κ1) is 22.0. The molecule has 0 bridgehead atoms. The summed E-state index contributed by atoms with van der Waals surface area (Å²) in [5.74, 6) is 1.90. The summed E-state index contributed by atoms with van der Waals surface area (Å²) in [6.07, 6.45) is 5.21. The average Bonchev–Trinajstić information content (AvgIpc) is 2.70. The molecule has 2 aromatic rings. The van der Waals surface area contributed by atoms with Crippen LogP contribution in [0.15, 0.2) is 47.4 Å². The van der Waals surface area contributed by atoms with E-state index in [1.165, 1.54) is 25.7 Å². The third-order valence-electron chi connectivity index (χ3n) is 8.34. The molecular weight excluding hydrogens is 380 g/mol. The van der Waals surface area contributed by atoms with Gasteiger partial charge in [-0.05, 0) is 76.5 Å². The zero-order chi connectivity index (χ0) is 21.7. The van der Waals surface area contributed by atoms with Gasteiger partial charge < -0.3 is 0 Å². The van der Waals surface area contributed by atoms with Crippen LogP contribution in [0.1, 0.15) is 102 Å². The van der Waals surface area contributed by atoms with Crippen molar-refractivity contribution in [2.75, 3.05) is 0 Å². The van der Waals surface area contributed by atoms with E-state index in [9.17, 15) is 0 Å². The van der Waals surface area contributed by atoms with Gasteiger partial charge in [-0.2, -0.15) is 0 Å². The van der Waals surface area contributed by atoms with Gasteiger partial charge in [-0.25, -0.2) is 0 Å². The Morgan fingerprint density at radius 3 is 2.10 bits per heavy atom. The maximum Gasteiger partial charge on any atom is 0.0149 e. The first-order valence-corrected chi connectivity index (χ1v) is 12.9. The fourth-order valence-electron chi connectivity index (χ4n) is 6.60. The molecule has 0 aromatic heterocycles. The van der Waals surface area contributed by atoms with Crippen LogP contribution in [0.4, 0.5) is 0 Å². The molecule has 0 spiro atoms. The van der Waals surface area contributed by atoms with E-state index in [2.05, 4.69) is 103 Å². The summed E-state index contributed by atoms with van der Waals surface area (Å²) in [4.78, 5) is 1.58. The number of thioether (sulfide) groups is 1. The normalized spacial score (nSPS) is 27.8. The highest BCUT2D eigenvalue weighted by Gasteiger charge is 2.53. The van der Waals surface area contributed by atoms with Crippen LogP contribution in [0.3, 0.4) is 0 Å². The molecule has 2 aliphatic rings. The molecule has 1 fully saturated rings. The summed E-state index contributed by atoms with van der Waals surface area (Å²) in [5.41, 5.74) is 6.99. The number of hydrogen-bond acceptors (Lipinski definition) is 1. The van der Waals surface area contributed by atoms with Crippen molar-refractivity contribution in [2.24, 2.45) is 11.3 Å². The second kappa shape index (κ2) is 8.05. The van der Waals surface area contributed by atoms with Crippen molar-refractivity contribution in [1.29, 1.82) is 0 Å². The minimum atomic E-state index is 0.323. The zero-order valence-corrected chi connectivity index (χ0v) is 20.9. The largest absolute Gasteiger partial charge is 0.122 e. The molecule has 0 N–H and O–H groups in total. The monoisotopic (exact) mass is 420 g/mol. The van der Waals surface area contributed by atoms with Crippen LogP contribution < -0.4 is 0 Å². The van der Waals surface area contributed by atoms with Gasteiger partial charge in [0.25, 0.3) is 0 Å². The first-order valence-electron chi connectivity index (χ1n) is 12.0. The summed E-state index contributed by atoms with van der Waals surface area (Å²) in [6, 6.07) is 16.3. The lowest BCUT2D eigenvalue weighted by atomic mass is 9.50. The van der Waals surface area contributed by atoms with Gasteiger partial charge in [-0.15, -0.1) is 11.8 Å². The van der Waals surface area contributed by atoms with Crippen molar-refractivity contribution < 1.29 is 0 Å². The van der Waals surface area contributed by atoms with E-state index in [-0.39, 0.29) is 0 Å². The lowest BCUT2D eigenvalue weighted by molar-refractivity contribution is 0.0472. The minimum Gasteiger partial charge on any atom is -0.122 e. The quantitative estimate of drug-likeness (QED) is 0.476. The molecule has 2 aliphatic carbocycles. The van der Waals surface area contributed by atoms with Crippen LogP contribution in [0.5, 0.6) is 0 Å². The number of rotatable bonds is 4. The van der Waals surface area contributed by atoms with Gasteiger partial charge in [-0.3, -0.25) is 0 Å². The summed E-state index contributed by atoms with van der Waals surface area (Å²) in [6.45, 7) is 17.1. The topological polar surface area (TPSA) is 0 Å². The number of hydrogen-bond donors (Lipinski definition) is 0. The molecule has 4 rings (SSSR count). The van der Waals surface area contributed by atoms with Gasteiger partial charge in [0.05, 0.1) is 0 Å². The molecule has 1 saturated carbocycles. The molecule has 30 heavy (non-hydrogen) atoms. The minimum absolute atomic E-state index is 0.323. The average molecular weight is 421 g/mol. The lowest BCUT2D eigenvalue weighted by Gasteiger charge is -2.57. The molecule has 0 nitrogen and oxygen atoms in total. The number of fused-ring (bicyclic) bond motifs is 3. The fraction of sp³-hybridized carbons (Fsp3) is 0.586. The Morgan fingerprint density at radius 2 is 1.47 bits per heavy atom. The second-order valence-corrected chi connectivity index (χ2v) is 12.4. The van der Waals surface area contributed by atoms with Crippen molar-refractivity contribution in [3.63, 3.8) is 0 Å². The Balaban J connectivity index is 1.70. The van der Waals surface area contributed by atoms with E-state index in [0.717, 1.165) is 5.92 Å². The lowest BCUT2D eigenvalue weighted by Crippen LogP contribution is -2.53. The Morgan fingerprint density at radius 1 is 0.833 bits per heavy atom. The van der Waals surface area contributed by atoms with Crippen LogP contribution in [0.2, 0.25) is 0 Å². The third kappa shape index (κ3) is 3.56.